The third-order valence-electron chi connectivity index (χ3n) is 4.46. The number of nitrogens with one attached hydrogen (secondary N) is 3. The van der Waals surface area contributed by atoms with E-state index in [0.717, 1.165) is 12.8 Å². The molecule has 9 heteroatoms. The lowest BCUT2D eigenvalue weighted by Gasteiger charge is -2.16. The monoisotopic (exact) mass is 394 g/mol. The van der Waals surface area contributed by atoms with E-state index in [4.69, 9.17) is 5.11 Å². The van der Waals surface area contributed by atoms with Gasteiger partial charge < -0.3 is 21.1 Å². The number of benzene rings is 1. The molecule has 0 radical (unpaired) electrons. The molecule has 0 saturated heterocycles. The predicted molar refractivity (Wildman–Crippen MR) is 107 cm³/mol. The van der Waals surface area contributed by atoms with Crippen LogP contribution in [0.25, 0.3) is 11.3 Å². The molecule has 3 rings (SSSR count). The fourth-order valence-corrected chi connectivity index (χ4v) is 2.67. The number of anilines is 2. The third kappa shape index (κ3) is 5.27. The van der Waals surface area contributed by atoms with Gasteiger partial charge in [-0.15, -0.1) is 0 Å². The average Bonchev–Trinajstić information content (AvgIpc) is 3.58. The molecule has 29 heavy (non-hydrogen) atoms. The lowest BCUT2D eigenvalue weighted by atomic mass is 10.1. The van der Waals surface area contributed by atoms with Gasteiger partial charge in [0.2, 0.25) is 11.8 Å². The minimum atomic E-state index is -0.602. The fraction of sp³-hybridized carbons (Fsp3) is 0.350. The molecule has 0 aliphatic heterocycles. The summed E-state index contributed by atoms with van der Waals surface area (Å²) in [5.74, 6) is 0.154. The van der Waals surface area contributed by atoms with Crippen LogP contribution in [-0.4, -0.2) is 46.1 Å². The van der Waals surface area contributed by atoms with Crippen LogP contribution in [0.5, 0.6) is 0 Å². The summed E-state index contributed by atoms with van der Waals surface area (Å²) in [6.07, 6.45) is 4.86. The van der Waals surface area contributed by atoms with Gasteiger partial charge in [0, 0.05) is 18.0 Å². The van der Waals surface area contributed by atoms with E-state index in [-0.39, 0.29) is 30.9 Å². The van der Waals surface area contributed by atoms with Crippen LogP contribution >= 0.6 is 0 Å². The summed E-state index contributed by atoms with van der Waals surface area (Å²) in [5, 5.41) is 26.5. The zero-order chi connectivity index (χ0) is 20.8. The number of amides is 2. The number of aromatic nitrogens is 2. The van der Waals surface area contributed by atoms with Crippen molar-refractivity contribution in [3.63, 3.8) is 0 Å². The number of rotatable bonds is 8. The molecular weight excluding hydrogens is 372 g/mol. The summed E-state index contributed by atoms with van der Waals surface area (Å²) >= 11 is 0. The highest BCUT2D eigenvalue weighted by Crippen LogP contribution is 2.30. The van der Waals surface area contributed by atoms with E-state index in [1.54, 1.807) is 31.3 Å². The first-order valence-corrected chi connectivity index (χ1v) is 9.34. The van der Waals surface area contributed by atoms with Crippen molar-refractivity contribution in [2.75, 3.05) is 23.8 Å². The van der Waals surface area contributed by atoms with Crippen LogP contribution < -0.4 is 16.0 Å². The zero-order valence-electron chi connectivity index (χ0n) is 16.0. The molecule has 0 bridgehead atoms. The van der Waals surface area contributed by atoms with Crippen molar-refractivity contribution >= 4 is 23.3 Å². The minimum absolute atomic E-state index is 0.0367. The van der Waals surface area contributed by atoms with Gasteiger partial charge in [0.15, 0.2) is 5.82 Å². The van der Waals surface area contributed by atoms with E-state index in [2.05, 4.69) is 32.0 Å². The molecule has 1 fully saturated rings. The van der Waals surface area contributed by atoms with Crippen molar-refractivity contribution < 1.29 is 14.7 Å². The highest BCUT2D eigenvalue weighted by molar-refractivity contribution is 5.93. The molecular formula is C20H22N6O3. The number of aliphatic hydroxyl groups excluding tert-OH is 1. The molecule has 1 aromatic heterocycles. The van der Waals surface area contributed by atoms with E-state index in [1.807, 2.05) is 0 Å². The SMILES string of the molecule is C[C@H](Nc1cc(-c2cnc(NC(=O)C3CC3)cn2)ccc1C#N)C(=O)NCCO. The van der Waals surface area contributed by atoms with Gasteiger partial charge in [-0.1, -0.05) is 6.07 Å². The van der Waals surface area contributed by atoms with Crippen molar-refractivity contribution in [2.24, 2.45) is 5.92 Å². The van der Waals surface area contributed by atoms with Gasteiger partial charge in [0.25, 0.3) is 0 Å². The smallest absolute Gasteiger partial charge is 0.242 e. The molecule has 2 aromatic rings. The molecule has 1 aliphatic rings. The average molecular weight is 394 g/mol. The second-order valence-corrected chi connectivity index (χ2v) is 6.80. The van der Waals surface area contributed by atoms with Crippen molar-refractivity contribution in [2.45, 2.75) is 25.8 Å². The number of carbonyl (C=O) groups excluding carboxylic acids is 2. The van der Waals surface area contributed by atoms with Gasteiger partial charge in [-0.2, -0.15) is 5.26 Å². The topological polar surface area (TPSA) is 140 Å². The Morgan fingerprint density at radius 3 is 2.72 bits per heavy atom. The van der Waals surface area contributed by atoms with Crippen LogP contribution in [0.4, 0.5) is 11.5 Å². The maximum atomic E-state index is 12.0. The van der Waals surface area contributed by atoms with Gasteiger partial charge in [-0.3, -0.25) is 14.6 Å². The Morgan fingerprint density at radius 2 is 2.10 bits per heavy atom. The van der Waals surface area contributed by atoms with Crippen molar-refractivity contribution in [1.82, 2.24) is 15.3 Å². The maximum absolute atomic E-state index is 12.0. The Hall–Kier alpha value is -3.51. The first-order valence-electron chi connectivity index (χ1n) is 9.34. The van der Waals surface area contributed by atoms with Gasteiger partial charge in [0.05, 0.1) is 35.9 Å². The summed E-state index contributed by atoms with van der Waals surface area (Å²) in [6.45, 7) is 1.68. The summed E-state index contributed by atoms with van der Waals surface area (Å²) in [5.41, 5.74) is 2.16. The van der Waals surface area contributed by atoms with E-state index < -0.39 is 6.04 Å². The van der Waals surface area contributed by atoms with Gasteiger partial charge >= 0.3 is 0 Å². The molecule has 2 amide bonds. The minimum Gasteiger partial charge on any atom is -0.395 e. The van der Waals surface area contributed by atoms with Crippen LogP contribution in [0.2, 0.25) is 0 Å². The Morgan fingerprint density at radius 1 is 1.31 bits per heavy atom. The highest BCUT2D eigenvalue weighted by Gasteiger charge is 2.29. The maximum Gasteiger partial charge on any atom is 0.242 e. The molecule has 1 aliphatic carbocycles. The molecule has 4 N–H and O–H groups in total. The lowest BCUT2D eigenvalue weighted by Crippen LogP contribution is -2.39. The Balaban J connectivity index is 1.74. The Bertz CT molecular complexity index is 934. The second-order valence-electron chi connectivity index (χ2n) is 6.80. The quantitative estimate of drug-likeness (QED) is 0.528. The van der Waals surface area contributed by atoms with E-state index >= 15 is 0 Å². The number of nitrogens with zero attached hydrogens (tertiary/aromatic N) is 3. The summed E-state index contributed by atoms with van der Waals surface area (Å²) < 4.78 is 0. The van der Waals surface area contributed by atoms with Crippen LogP contribution in [0.1, 0.15) is 25.3 Å². The van der Waals surface area contributed by atoms with Crippen LogP contribution in [0, 0.1) is 17.2 Å². The van der Waals surface area contributed by atoms with Crippen LogP contribution in [0.15, 0.2) is 30.6 Å². The molecule has 0 unspecified atom stereocenters. The van der Waals surface area contributed by atoms with Crippen molar-refractivity contribution in [3.05, 3.63) is 36.2 Å². The Labute approximate surface area is 168 Å². The molecule has 1 saturated carbocycles. The summed E-state index contributed by atoms with van der Waals surface area (Å²) in [6, 6.07) is 6.59. The van der Waals surface area contributed by atoms with Crippen molar-refractivity contribution in [3.8, 4) is 17.3 Å². The van der Waals surface area contributed by atoms with Gasteiger partial charge in [-0.05, 0) is 31.9 Å². The molecule has 1 atom stereocenters. The molecule has 9 nitrogen and oxygen atoms in total. The number of hydrogen-bond donors (Lipinski definition) is 4. The number of aliphatic hydroxyl groups is 1. The molecule has 0 spiro atoms. The molecule has 150 valence electrons. The molecule has 1 aromatic carbocycles. The predicted octanol–water partition coefficient (Wildman–Crippen LogP) is 1.27. The third-order valence-corrected chi connectivity index (χ3v) is 4.46. The largest absolute Gasteiger partial charge is 0.395 e. The van der Waals surface area contributed by atoms with E-state index in [0.29, 0.717) is 28.3 Å². The Kier molecular flexibility index (Phi) is 6.36. The molecule has 1 heterocycles. The number of carbonyl (C=O) groups is 2. The first-order chi connectivity index (χ1) is 14.0. The van der Waals surface area contributed by atoms with Crippen LogP contribution in [-0.2, 0) is 9.59 Å². The summed E-state index contributed by atoms with van der Waals surface area (Å²) in [4.78, 5) is 32.4. The van der Waals surface area contributed by atoms with E-state index in [9.17, 15) is 14.9 Å². The van der Waals surface area contributed by atoms with E-state index in [1.165, 1.54) is 6.20 Å². The van der Waals surface area contributed by atoms with Crippen LogP contribution in [0.3, 0.4) is 0 Å². The second kappa shape index (κ2) is 9.12. The zero-order valence-corrected chi connectivity index (χ0v) is 16.0. The lowest BCUT2D eigenvalue weighted by molar-refractivity contribution is -0.121. The number of hydrogen-bond acceptors (Lipinski definition) is 7. The normalized spacial score (nSPS) is 13.8. The van der Waals surface area contributed by atoms with Crippen molar-refractivity contribution in [1.29, 1.82) is 5.26 Å². The van der Waals surface area contributed by atoms with Gasteiger partial charge in [-0.25, -0.2) is 4.98 Å². The first kappa shape index (κ1) is 20.2. The van der Waals surface area contributed by atoms with Gasteiger partial charge in [0.1, 0.15) is 12.1 Å². The standard InChI is InChI=1S/C20H22N6O3/c1-12(19(28)22-6-7-27)25-16-8-14(4-5-15(16)9-21)17-10-24-18(11-23-17)26-20(29)13-2-3-13/h4-5,8,10-13,25,27H,2-3,6-7H2,1H3,(H,22,28)(H,24,26,29)/t12-/m0/s1. The highest BCUT2D eigenvalue weighted by atomic mass is 16.3. The number of nitriles is 1. The fourth-order valence-electron chi connectivity index (χ4n) is 2.67. The summed E-state index contributed by atoms with van der Waals surface area (Å²) in [7, 11) is 0.